The van der Waals surface area contributed by atoms with Crippen LogP contribution in [0.15, 0.2) is 79.0 Å². The van der Waals surface area contributed by atoms with E-state index in [-0.39, 0.29) is 18.2 Å². The molecule has 1 aliphatic heterocycles. The van der Waals surface area contributed by atoms with Crippen LogP contribution in [0.3, 0.4) is 0 Å². The van der Waals surface area contributed by atoms with E-state index in [2.05, 4.69) is 10.3 Å². The van der Waals surface area contributed by atoms with E-state index >= 15 is 0 Å². The van der Waals surface area contributed by atoms with Crippen LogP contribution < -0.4 is 19.7 Å². The minimum Gasteiger partial charge on any atom is -0.497 e. The zero-order valence-corrected chi connectivity index (χ0v) is 19.7. The van der Waals surface area contributed by atoms with E-state index in [0.717, 1.165) is 22.2 Å². The van der Waals surface area contributed by atoms with Crippen LogP contribution >= 0.6 is 0 Å². The summed E-state index contributed by atoms with van der Waals surface area (Å²) in [6.45, 7) is 0. The van der Waals surface area contributed by atoms with Gasteiger partial charge >= 0.3 is 0 Å². The molecule has 7 heteroatoms. The quantitative estimate of drug-likeness (QED) is 0.401. The normalized spacial score (nSPS) is 17.9. The van der Waals surface area contributed by atoms with Crippen molar-refractivity contribution in [2.45, 2.75) is 18.9 Å². The zero-order valence-electron chi connectivity index (χ0n) is 19.7. The van der Waals surface area contributed by atoms with E-state index in [4.69, 9.17) is 9.47 Å². The van der Waals surface area contributed by atoms with Crippen LogP contribution in [0.1, 0.15) is 24.4 Å². The lowest BCUT2D eigenvalue weighted by Gasteiger charge is -2.41. The third-order valence-electron chi connectivity index (χ3n) is 6.59. The van der Waals surface area contributed by atoms with Crippen LogP contribution in [0.2, 0.25) is 0 Å². The number of para-hydroxylation sites is 1. The molecule has 0 spiro atoms. The lowest BCUT2D eigenvalue weighted by molar-refractivity contribution is -0.125. The third kappa shape index (κ3) is 4.21. The van der Waals surface area contributed by atoms with Crippen molar-refractivity contribution in [2.75, 3.05) is 24.4 Å². The maximum absolute atomic E-state index is 13.8. The number of fused-ring (bicyclic) bond motifs is 1. The number of aromatic amines is 1. The maximum atomic E-state index is 13.8. The highest BCUT2D eigenvalue weighted by molar-refractivity contribution is 6.04. The van der Waals surface area contributed by atoms with E-state index in [9.17, 15) is 9.59 Å². The Morgan fingerprint density at radius 1 is 0.971 bits per heavy atom. The van der Waals surface area contributed by atoms with Gasteiger partial charge in [0.2, 0.25) is 11.8 Å². The van der Waals surface area contributed by atoms with Crippen molar-refractivity contribution in [3.05, 3.63) is 84.6 Å². The Morgan fingerprint density at radius 3 is 2.54 bits per heavy atom. The van der Waals surface area contributed by atoms with Gasteiger partial charge in [-0.25, -0.2) is 0 Å². The van der Waals surface area contributed by atoms with E-state index < -0.39 is 12.0 Å². The van der Waals surface area contributed by atoms with Gasteiger partial charge in [-0.05, 0) is 55.0 Å². The first-order chi connectivity index (χ1) is 17.1. The highest BCUT2D eigenvalue weighted by Crippen LogP contribution is 2.44. The number of nitrogens with one attached hydrogen (secondary N) is 2. The Hall–Kier alpha value is -4.26. The summed E-state index contributed by atoms with van der Waals surface area (Å²) >= 11 is 0. The Labute approximate surface area is 203 Å². The monoisotopic (exact) mass is 469 g/mol. The van der Waals surface area contributed by atoms with Gasteiger partial charge in [0.15, 0.2) is 0 Å². The van der Waals surface area contributed by atoms with Gasteiger partial charge in [0.25, 0.3) is 0 Å². The Kier molecular flexibility index (Phi) is 6.14. The van der Waals surface area contributed by atoms with Crippen LogP contribution in [0.25, 0.3) is 10.9 Å². The number of amides is 2. The second kappa shape index (κ2) is 9.54. The third-order valence-corrected chi connectivity index (χ3v) is 6.59. The predicted octanol–water partition coefficient (Wildman–Crippen LogP) is 5.31. The minimum atomic E-state index is -0.536. The molecule has 1 saturated heterocycles. The molecule has 35 heavy (non-hydrogen) atoms. The molecule has 2 unspecified atom stereocenters. The van der Waals surface area contributed by atoms with Crippen molar-refractivity contribution < 1.29 is 19.1 Å². The topological polar surface area (TPSA) is 83.7 Å². The second-order valence-electron chi connectivity index (χ2n) is 8.53. The molecule has 5 rings (SSSR count). The molecule has 0 aliphatic carbocycles. The molecule has 0 bridgehead atoms. The number of carbonyl (C=O) groups excluding carboxylic acids is 2. The number of ether oxygens (including phenoxy) is 2. The van der Waals surface area contributed by atoms with Crippen LogP contribution in [0.4, 0.5) is 11.4 Å². The largest absolute Gasteiger partial charge is 0.497 e. The SMILES string of the molecule is COc1ccc(N2C(=O)CCC(C(=O)Nc3cccc4[nH]ccc34)C2c2ccccc2OC)cc1. The molecule has 1 fully saturated rings. The van der Waals surface area contributed by atoms with E-state index in [1.165, 1.54) is 0 Å². The summed E-state index contributed by atoms with van der Waals surface area (Å²) in [5, 5.41) is 4.06. The van der Waals surface area contributed by atoms with Gasteiger partial charge in [-0.1, -0.05) is 24.3 Å². The number of piperidine rings is 1. The molecule has 178 valence electrons. The van der Waals surface area contributed by atoms with Crippen LogP contribution in [0.5, 0.6) is 11.5 Å². The van der Waals surface area contributed by atoms with Crippen molar-refractivity contribution in [3.8, 4) is 11.5 Å². The fourth-order valence-corrected chi connectivity index (χ4v) is 4.90. The number of rotatable bonds is 6. The number of carbonyl (C=O) groups is 2. The molecule has 2 amide bonds. The number of benzene rings is 3. The minimum absolute atomic E-state index is 0.0390. The predicted molar refractivity (Wildman–Crippen MR) is 136 cm³/mol. The number of H-pyrrole nitrogens is 1. The highest BCUT2D eigenvalue weighted by atomic mass is 16.5. The Morgan fingerprint density at radius 2 is 1.77 bits per heavy atom. The van der Waals surface area contributed by atoms with Crippen LogP contribution in [-0.2, 0) is 9.59 Å². The number of anilines is 2. The lowest BCUT2D eigenvalue weighted by Crippen LogP contribution is -2.47. The summed E-state index contributed by atoms with van der Waals surface area (Å²) in [5.74, 6) is 0.668. The summed E-state index contributed by atoms with van der Waals surface area (Å²) in [6.07, 6.45) is 2.55. The fraction of sp³-hybridized carbons (Fsp3) is 0.214. The number of hydrogen-bond donors (Lipinski definition) is 2. The summed E-state index contributed by atoms with van der Waals surface area (Å²) in [5.41, 5.74) is 3.18. The highest BCUT2D eigenvalue weighted by Gasteiger charge is 2.42. The van der Waals surface area contributed by atoms with E-state index in [0.29, 0.717) is 23.6 Å². The maximum Gasteiger partial charge on any atom is 0.229 e. The first kappa shape index (κ1) is 22.5. The Bertz CT molecular complexity index is 1360. The van der Waals surface area contributed by atoms with Gasteiger partial charge in [0.05, 0.1) is 31.9 Å². The molecule has 2 N–H and O–H groups in total. The molecule has 1 aromatic heterocycles. The van der Waals surface area contributed by atoms with Crippen molar-refractivity contribution in [3.63, 3.8) is 0 Å². The van der Waals surface area contributed by atoms with Crippen LogP contribution in [0, 0.1) is 5.92 Å². The van der Waals surface area contributed by atoms with Gasteiger partial charge in [0, 0.05) is 34.8 Å². The van der Waals surface area contributed by atoms with Crippen molar-refractivity contribution in [1.82, 2.24) is 4.98 Å². The molecule has 3 aromatic carbocycles. The molecule has 0 saturated carbocycles. The molecule has 2 heterocycles. The van der Waals surface area contributed by atoms with Crippen molar-refractivity contribution in [1.29, 1.82) is 0 Å². The van der Waals surface area contributed by atoms with Gasteiger partial charge in [-0.15, -0.1) is 0 Å². The Balaban J connectivity index is 1.57. The standard InChI is InChI=1S/C28H27N3O4/c1-34-19-12-10-18(11-13-19)31-26(32)15-14-22(27(31)21-6-3-4-9-25(21)35-2)28(33)30-24-8-5-7-23-20(24)16-17-29-23/h3-13,16-17,22,27,29H,14-15H2,1-2H3,(H,30,33). The smallest absolute Gasteiger partial charge is 0.229 e. The summed E-state index contributed by atoms with van der Waals surface area (Å²) in [4.78, 5) is 32.0. The van der Waals surface area contributed by atoms with E-state index in [1.807, 2.05) is 79.0 Å². The van der Waals surface area contributed by atoms with Gasteiger partial charge in [0.1, 0.15) is 11.5 Å². The zero-order chi connectivity index (χ0) is 24.4. The average molecular weight is 470 g/mol. The summed E-state index contributed by atoms with van der Waals surface area (Å²) < 4.78 is 10.9. The van der Waals surface area contributed by atoms with E-state index in [1.54, 1.807) is 19.1 Å². The summed E-state index contributed by atoms with van der Waals surface area (Å²) in [7, 11) is 3.20. The summed E-state index contributed by atoms with van der Waals surface area (Å²) in [6, 6.07) is 22.1. The molecular weight excluding hydrogens is 442 g/mol. The average Bonchev–Trinajstić information content (AvgIpc) is 3.38. The number of nitrogens with zero attached hydrogens (tertiary/aromatic N) is 1. The molecule has 2 atom stereocenters. The molecule has 4 aromatic rings. The van der Waals surface area contributed by atoms with Gasteiger partial charge in [-0.3, -0.25) is 9.59 Å². The molecule has 1 aliphatic rings. The van der Waals surface area contributed by atoms with Crippen molar-refractivity contribution >= 4 is 34.1 Å². The number of hydrogen-bond acceptors (Lipinski definition) is 4. The first-order valence-electron chi connectivity index (χ1n) is 11.6. The molecule has 0 radical (unpaired) electrons. The van der Waals surface area contributed by atoms with Crippen molar-refractivity contribution in [2.24, 2.45) is 5.92 Å². The second-order valence-corrected chi connectivity index (χ2v) is 8.53. The van der Waals surface area contributed by atoms with Crippen LogP contribution in [-0.4, -0.2) is 31.0 Å². The van der Waals surface area contributed by atoms with Gasteiger partial charge < -0.3 is 24.7 Å². The molecular formula is C28H27N3O4. The van der Waals surface area contributed by atoms with Gasteiger partial charge in [-0.2, -0.15) is 0 Å². The molecule has 7 nitrogen and oxygen atoms in total. The fourth-order valence-electron chi connectivity index (χ4n) is 4.90. The number of aromatic nitrogens is 1. The lowest BCUT2D eigenvalue weighted by atomic mass is 9.82. The number of methoxy groups -OCH3 is 2. The first-order valence-corrected chi connectivity index (χ1v) is 11.6.